The van der Waals surface area contributed by atoms with E-state index in [4.69, 9.17) is 22.4 Å². The van der Waals surface area contributed by atoms with Crippen LogP contribution in [0.15, 0.2) is 18.2 Å². The van der Waals surface area contributed by atoms with Crippen molar-refractivity contribution < 1.29 is 15.0 Å². The summed E-state index contributed by atoms with van der Waals surface area (Å²) in [6, 6.07) is 4.55. The summed E-state index contributed by atoms with van der Waals surface area (Å²) in [7, 11) is 0. The Hall–Kier alpha value is -1.26. The summed E-state index contributed by atoms with van der Waals surface area (Å²) in [6.45, 7) is 0. The molecule has 4 nitrogen and oxygen atoms in total. The van der Waals surface area contributed by atoms with Crippen LogP contribution in [0, 0.1) is 0 Å². The van der Waals surface area contributed by atoms with Crippen molar-refractivity contribution in [3.05, 3.63) is 28.8 Å². The van der Waals surface area contributed by atoms with E-state index >= 15 is 0 Å². The molecule has 0 aromatic heterocycles. The highest BCUT2D eigenvalue weighted by Gasteiger charge is 2.14. The normalized spacial score (nSPS) is 12.4. The first-order valence-corrected chi connectivity index (χ1v) is 4.33. The summed E-state index contributed by atoms with van der Waals surface area (Å²) >= 11 is 5.65. The summed E-state index contributed by atoms with van der Waals surface area (Å²) in [5.74, 6) is -1.08. The Morgan fingerprint density at radius 1 is 1.57 bits per heavy atom. The maximum absolute atomic E-state index is 10.3. The number of carboxylic acids is 1. The molecule has 0 bridgehead atoms. The molecule has 1 aromatic rings. The van der Waals surface area contributed by atoms with E-state index in [-0.39, 0.29) is 6.42 Å². The van der Waals surface area contributed by atoms with Gasteiger partial charge >= 0.3 is 5.97 Å². The van der Waals surface area contributed by atoms with Crippen molar-refractivity contribution in [2.45, 2.75) is 12.5 Å². The van der Waals surface area contributed by atoms with Gasteiger partial charge in [0.1, 0.15) is 0 Å². The van der Waals surface area contributed by atoms with Crippen molar-refractivity contribution in [1.82, 2.24) is 0 Å². The molecule has 0 aliphatic heterocycles. The summed E-state index contributed by atoms with van der Waals surface area (Å²) in [5, 5.41) is 18.4. The number of aliphatic carboxylic acids is 1. The van der Waals surface area contributed by atoms with Crippen LogP contribution >= 0.6 is 11.6 Å². The van der Waals surface area contributed by atoms with Crippen molar-refractivity contribution in [1.29, 1.82) is 0 Å². The van der Waals surface area contributed by atoms with Crippen LogP contribution in [-0.2, 0) is 4.79 Å². The van der Waals surface area contributed by atoms with Crippen LogP contribution in [0.4, 0.5) is 5.69 Å². The van der Waals surface area contributed by atoms with Gasteiger partial charge < -0.3 is 15.9 Å². The highest BCUT2D eigenvalue weighted by molar-refractivity contribution is 6.30. The highest BCUT2D eigenvalue weighted by Crippen LogP contribution is 2.25. The summed E-state index contributed by atoms with van der Waals surface area (Å²) in [4.78, 5) is 10.3. The fourth-order valence-electron chi connectivity index (χ4n) is 1.12. The van der Waals surface area contributed by atoms with Gasteiger partial charge in [-0.25, -0.2) is 0 Å². The lowest BCUT2D eigenvalue weighted by Gasteiger charge is -2.11. The third-order valence-electron chi connectivity index (χ3n) is 1.78. The van der Waals surface area contributed by atoms with Crippen molar-refractivity contribution in [3.63, 3.8) is 0 Å². The van der Waals surface area contributed by atoms with Crippen LogP contribution in [0.25, 0.3) is 0 Å². The standard InChI is InChI=1S/C9H10ClNO3/c10-5-1-2-6(7(11)3-5)8(12)4-9(13)14/h1-3,8,12H,4,11H2,(H,13,14). The van der Waals surface area contributed by atoms with E-state index in [1.165, 1.54) is 12.1 Å². The maximum atomic E-state index is 10.3. The van der Waals surface area contributed by atoms with E-state index in [1.54, 1.807) is 6.07 Å². The van der Waals surface area contributed by atoms with Crippen molar-refractivity contribution in [2.24, 2.45) is 0 Å². The largest absolute Gasteiger partial charge is 0.481 e. The number of hydrogen-bond acceptors (Lipinski definition) is 3. The van der Waals surface area contributed by atoms with Crippen LogP contribution in [0.2, 0.25) is 5.02 Å². The summed E-state index contributed by atoms with van der Waals surface area (Å²) < 4.78 is 0. The minimum absolute atomic E-state index is 0.297. The summed E-state index contributed by atoms with van der Waals surface area (Å²) in [5.41, 5.74) is 6.24. The van der Waals surface area contributed by atoms with Crippen molar-refractivity contribution in [3.8, 4) is 0 Å². The molecule has 1 atom stereocenters. The van der Waals surface area contributed by atoms with Gasteiger partial charge in [0.15, 0.2) is 0 Å². The molecule has 1 rings (SSSR count). The predicted molar refractivity (Wildman–Crippen MR) is 53.1 cm³/mol. The first-order chi connectivity index (χ1) is 6.50. The number of carboxylic acid groups (broad SMARTS) is 1. The van der Waals surface area contributed by atoms with E-state index in [1.807, 2.05) is 0 Å². The number of hydrogen-bond donors (Lipinski definition) is 3. The molecule has 0 saturated heterocycles. The molecule has 0 aliphatic rings. The Morgan fingerprint density at radius 2 is 2.21 bits per heavy atom. The number of benzene rings is 1. The predicted octanol–water partition coefficient (Wildman–Crippen LogP) is 1.43. The lowest BCUT2D eigenvalue weighted by molar-refractivity contribution is -0.139. The zero-order valence-electron chi connectivity index (χ0n) is 7.27. The molecule has 0 aliphatic carbocycles. The van der Waals surface area contributed by atoms with Crippen LogP contribution < -0.4 is 5.73 Å². The van der Waals surface area contributed by atoms with E-state index in [9.17, 15) is 9.90 Å². The third-order valence-corrected chi connectivity index (χ3v) is 2.01. The molecule has 0 amide bonds. The molecule has 0 saturated carbocycles. The zero-order chi connectivity index (χ0) is 10.7. The molecule has 0 heterocycles. The number of aliphatic hydroxyl groups is 1. The molecule has 76 valence electrons. The lowest BCUT2D eigenvalue weighted by Crippen LogP contribution is -2.07. The molecule has 1 aromatic carbocycles. The van der Waals surface area contributed by atoms with Gasteiger partial charge in [0, 0.05) is 16.3 Å². The molecule has 14 heavy (non-hydrogen) atoms. The number of halogens is 1. The Bertz CT molecular complexity index is 354. The van der Waals surface area contributed by atoms with Gasteiger partial charge in [-0.3, -0.25) is 4.79 Å². The number of carbonyl (C=O) groups is 1. The van der Waals surface area contributed by atoms with E-state index in [0.29, 0.717) is 16.3 Å². The number of aliphatic hydroxyl groups excluding tert-OH is 1. The van der Waals surface area contributed by atoms with Crippen LogP contribution in [0.3, 0.4) is 0 Å². The first kappa shape index (κ1) is 10.8. The maximum Gasteiger partial charge on any atom is 0.306 e. The van der Waals surface area contributed by atoms with Gasteiger partial charge in [-0.1, -0.05) is 17.7 Å². The number of nitrogen functional groups attached to an aromatic ring is 1. The average molecular weight is 216 g/mol. The second-order valence-electron chi connectivity index (χ2n) is 2.89. The van der Waals surface area contributed by atoms with Gasteiger partial charge in [0.25, 0.3) is 0 Å². The number of rotatable bonds is 3. The Kier molecular flexibility index (Phi) is 3.33. The molecule has 4 N–H and O–H groups in total. The van der Waals surface area contributed by atoms with E-state index in [2.05, 4.69) is 0 Å². The van der Waals surface area contributed by atoms with Gasteiger partial charge in [-0.15, -0.1) is 0 Å². The molecule has 0 radical (unpaired) electrons. The van der Waals surface area contributed by atoms with E-state index < -0.39 is 12.1 Å². The molecular weight excluding hydrogens is 206 g/mol. The van der Waals surface area contributed by atoms with Gasteiger partial charge in [0.05, 0.1) is 12.5 Å². The zero-order valence-corrected chi connectivity index (χ0v) is 8.03. The fourth-order valence-corrected chi connectivity index (χ4v) is 1.30. The minimum atomic E-state index is -1.09. The number of nitrogens with two attached hydrogens (primary N) is 1. The SMILES string of the molecule is Nc1cc(Cl)ccc1C(O)CC(=O)O. The highest BCUT2D eigenvalue weighted by atomic mass is 35.5. The molecule has 5 heteroatoms. The second kappa shape index (κ2) is 4.30. The van der Waals surface area contributed by atoms with Gasteiger partial charge in [0.2, 0.25) is 0 Å². The second-order valence-corrected chi connectivity index (χ2v) is 3.32. The molecule has 0 spiro atoms. The Labute approximate surface area is 85.9 Å². The van der Waals surface area contributed by atoms with Gasteiger partial charge in [-0.2, -0.15) is 0 Å². The Balaban J connectivity index is 2.90. The van der Waals surface area contributed by atoms with Gasteiger partial charge in [-0.05, 0) is 12.1 Å². The van der Waals surface area contributed by atoms with Crippen LogP contribution in [0.1, 0.15) is 18.1 Å². The van der Waals surface area contributed by atoms with Crippen LogP contribution in [0.5, 0.6) is 0 Å². The average Bonchev–Trinajstić information content (AvgIpc) is 2.01. The first-order valence-electron chi connectivity index (χ1n) is 3.95. The Morgan fingerprint density at radius 3 is 2.71 bits per heavy atom. The smallest absolute Gasteiger partial charge is 0.306 e. The number of anilines is 1. The van der Waals surface area contributed by atoms with Crippen LogP contribution in [-0.4, -0.2) is 16.2 Å². The minimum Gasteiger partial charge on any atom is -0.481 e. The van der Waals surface area contributed by atoms with Crippen molar-refractivity contribution in [2.75, 3.05) is 5.73 Å². The lowest BCUT2D eigenvalue weighted by atomic mass is 10.1. The summed E-state index contributed by atoms with van der Waals surface area (Å²) in [6.07, 6.45) is -1.46. The third kappa shape index (κ3) is 2.61. The molecule has 1 unspecified atom stereocenters. The molecule has 0 fully saturated rings. The van der Waals surface area contributed by atoms with Crippen molar-refractivity contribution >= 4 is 23.3 Å². The van der Waals surface area contributed by atoms with E-state index in [0.717, 1.165) is 0 Å². The molecular formula is C9H10ClNO3. The monoisotopic (exact) mass is 215 g/mol. The quantitative estimate of drug-likeness (QED) is 0.666. The topological polar surface area (TPSA) is 83.5 Å². The fraction of sp³-hybridized carbons (Fsp3) is 0.222.